The number of fused-ring (bicyclic) bond motifs is 12. The van der Waals surface area contributed by atoms with E-state index in [1.54, 1.807) is 0 Å². The Morgan fingerprint density at radius 1 is 0.339 bits per heavy atom. The van der Waals surface area contributed by atoms with E-state index < -0.39 is 0 Å². The van der Waals surface area contributed by atoms with Crippen molar-refractivity contribution in [2.45, 2.75) is 0 Å². The van der Waals surface area contributed by atoms with Crippen molar-refractivity contribution in [2.24, 2.45) is 0 Å². The Labute approximate surface area is 336 Å². The summed E-state index contributed by atoms with van der Waals surface area (Å²) in [6, 6.07) is 63.4. The van der Waals surface area contributed by atoms with Gasteiger partial charge in [0.15, 0.2) is 17.5 Å². The summed E-state index contributed by atoms with van der Waals surface area (Å²) in [5.41, 5.74) is 9.02. The molecule has 6 heteroatoms. The minimum Gasteiger partial charge on any atom is -0.456 e. The van der Waals surface area contributed by atoms with Crippen LogP contribution < -0.4 is 0 Å². The number of hydrogen-bond donors (Lipinski definition) is 0. The molecule has 0 saturated carbocycles. The summed E-state index contributed by atoms with van der Waals surface area (Å²) in [6.45, 7) is 0. The molecule has 6 nitrogen and oxygen atoms in total. The highest BCUT2D eigenvalue weighted by atomic mass is 16.3. The highest BCUT2D eigenvalue weighted by molar-refractivity contribution is 6.21. The quantitative estimate of drug-likeness (QED) is 0.179. The zero-order chi connectivity index (χ0) is 38.6. The van der Waals surface area contributed by atoms with Crippen LogP contribution in [0, 0.1) is 0 Å². The first-order chi connectivity index (χ1) is 29.2. The molecule has 0 radical (unpaired) electrons. The lowest BCUT2D eigenvalue weighted by Gasteiger charge is -2.16. The van der Waals surface area contributed by atoms with Crippen LogP contribution in [0.5, 0.6) is 0 Å². The highest BCUT2D eigenvalue weighted by Crippen LogP contribution is 2.43. The molecule has 0 saturated heterocycles. The highest BCUT2D eigenvalue weighted by Gasteiger charge is 2.24. The van der Waals surface area contributed by atoms with Crippen molar-refractivity contribution in [3.05, 3.63) is 182 Å². The first-order valence-electron chi connectivity index (χ1n) is 19.8. The van der Waals surface area contributed by atoms with Gasteiger partial charge in [0.1, 0.15) is 22.3 Å². The molecule has 0 atom stereocenters. The monoisotopic (exact) mass is 754 g/mol. The van der Waals surface area contributed by atoms with Gasteiger partial charge in [-0.15, -0.1) is 0 Å². The first kappa shape index (κ1) is 32.0. The molecule has 13 rings (SSSR count). The van der Waals surface area contributed by atoms with Gasteiger partial charge in [0.2, 0.25) is 0 Å². The number of benzene rings is 9. The topological polar surface area (TPSA) is 69.9 Å². The lowest BCUT2D eigenvalue weighted by atomic mass is 10.0. The van der Waals surface area contributed by atoms with Gasteiger partial charge in [-0.1, -0.05) is 127 Å². The van der Waals surface area contributed by atoms with E-state index in [0.717, 1.165) is 93.4 Å². The summed E-state index contributed by atoms with van der Waals surface area (Å²) in [5, 5.41) is 11.1. The summed E-state index contributed by atoms with van der Waals surface area (Å²) >= 11 is 0. The fourth-order valence-electron chi connectivity index (χ4n) is 9.04. The van der Waals surface area contributed by atoms with Crippen molar-refractivity contribution < 1.29 is 8.83 Å². The van der Waals surface area contributed by atoms with Crippen LogP contribution in [0.3, 0.4) is 0 Å². The second-order valence-electron chi connectivity index (χ2n) is 15.2. The Morgan fingerprint density at radius 3 is 1.71 bits per heavy atom. The summed E-state index contributed by atoms with van der Waals surface area (Å²) < 4.78 is 15.3. The van der Waals surface area contributed by atoms with Gasteiger partial charge in [0.05, 0.1) is 16.7 Å². The zero-order valence-electron chi connectivity index (χ0n) is 31.4. The molecule has 0 fully saturated rings. The predicted octanol–water partition coefficient (Wildman–Crippen LogP) is 14.1. The van der Waals surface area contributed by atoms with Crippen LogP contribution in [0.2, 0.25) is 0 Å². The van der Waals surface area contributed by atoms with Crippen LogP contribution in [-0.2, 0) is 0 Å². The summed E-state index contributed by atoms with van der Waals surface area (Å²) in [5.74, 6) is 1.72. The molecule has 0 N–H and O–H groups in total. The molecule has 0 unspecified atom stereocenters. The van der Waals surface area contributed by atoms with E-state index in [1.807, 2.05) is 72.8 Å². The smallest absolute Gasteiger partial charge is 0.166 e. The number of hydrogen-bond acceptors (Lipinski definition) is 5. The van der Waals surface area contributed by atoms with Crippen LogP contribution in [0.4, 0.5) is 0 Å². The standard InChI is InChI=1S/C53H30N4O2/c1-2-13-32(14-3-1)51-54-52(35-23-25-48-41(27-35)37-18-8-10-20-46(37)58-48)56-53(55-51)43-29-42-38-19-9-11-21-47(38)59-49(42)30-45(43)57-44-28-34-16-5-4-15-33(34)26-40(44)39-24-22-31-12-6-7-17-36(31)50(39)57/h1-30H. The van der Waals surface area contributed by atoms with E-state index in [1.165, 1.54) is 16.2 Å². The Kier molecular flexibility index (Phi) is 6.63. The summed E-state index contributed by atoms with van der Waals surface area (Å²) in [7, 11) is 0. The molecule has 0 aliphatic heterocycles. The summed E-state index contributed by atoms with van der Waals surface area (Å²) in [6.07, 6.45) is 0. The molecule has 0 spiro atoms. The van der Waals surface area contributed by atoms with E-state index in [9.17, 15) is 0 Å². The van der Waals surface area contributed by atoms with E-state index in [4.69, 9.17) is 23.8 Å². The maximum atomic E-state index is 6.64. The zero-order valence-corrected chi connectivity index (χ0v) is 31.4. The Bertz CT molecular complexity index is 3860. The van der Waals surface area contributed by atoms with E-state index in [0.29, 0.717) is 17.5 Å². The van der Waals surface area contributed by atoms with Crippen molar-refractivity contribution in [3.8, 4) is 39.9 Å². The lowest BCUT2D eigenvalue weighted by Crippen LogP contribution is -2.04. The van der Waals surface area contributed by atoms with E-state index in [-0.39, 0.29) is 0 Å². The molecule has 0 amide bonds. The molecular weight excluding hydrogens is 725 g/mol. The molecular formula is C53H30N4O2. The number of rotatable bonds is 4. The second-order valence-corrected chi connectivity index (χ2v) is 15.2. The minimum absolute atomic E-state index is 0.559. The van der Waals surface area contributed by atoms with Crippen LogP contribution >= 0.6 is 0 Å². The maximum Gasteiger partial charge on any atom is 0.166 e. The van der Waals surface area contributed by atoms with Gasteiger partial charge in [0.25, 0.3) is 0 Å². The minimum atomic E-state index is 0.559. The Balaban J connectivity index is 1.17. The van der Waals surface area contributed by atoms with Gasteiger partial charge >= 0.3 is 0 Å². The van der Waals surface area contributed by atoms with Gasteiger partial charge in [0, 0.05) is 60.5 Å². The van der Waals surface area contributed by atoms with Crippen molar-refractivity contribution >= 4 is 87.2 Å². The van der Waals surface area contributed by atoms with Crippen molar-refractivity contribution in [3.63, 3.8) is 0 Å². The first-order valence-corrected chi connectivity index (χ1v) is 19.8. The SMILES string of the molecule is c1ccc(-c2nc(-c3ccc4oc5ccccc5c4c3)nc(-c3cc4c(cc3-n3c5cc6ccccc6cc5c5ccc6ccccc6c53)oc3ccccc34)n2)cc1. The maximum absolute atomic E-state index is 6.64. The predicted molar refractivity (Wildman–Crippen MR) is 240 cm³/mol. The number of furan rings is 2. The van der Waals surface area contributed by atoms with Gasteiger partial charge in [-0.25, -0.2) is 15.0 Å². The number of para-hydroxylation sites is 2. The molecule has 13 aromatic rings. The van der Waals surface area contributed by atoms with Crippen molar-refractivity contribution in [1.29, 1.82) is 0 Å². The number of aromatic nitrogens is 4. The van der Waals surface area contributed by atoms with Crippen molar-refractivity contribution in [2.75, 3.05) is 0 Å². The van der Waals surface area contributed by atoms with Gasteiger partial charge in [-0.3, -0.25) is 0 Å². The van der Waals surface area contributed by atoms with Crippen LogP contribution in [0.15, 0.2) is 191 Å². The van der Waals surface area contributed by atoms with E-state index >= 15 is 0 Å². The Morgan fingerprint density at radius 2 is 0.932 bits per heavy atom. The fraction of sp³-hybridized carbons (Fsp3) is 0. The molecule has 0 aliphatic carbocycles. The molecule has 274 valence electrons. The molecule has 4 heterocycles. The van der Waals surface area contributed by atoms with E-state index in [2.05, 4.69) is 114 Å². The average molecular weight is 755 g/mol. The average Bonchev–Trinajstić information content (AvgIpc) is 3.96. The van der Waals surface area contributed by atoms with Crippen LogP contribution in [0.25, 0.3) is 127 Å². The van der Waals surface area contributed by atoms with Gasteiger partial charge in [-0.2, -0.15) is 0 Å². The lowest BCUT2D eigenvalue weighted by molar-refractivity contribution is 0.668. The Hall–Kier alpha value is -8.09. The third-order valence-electron chi connectivity index (χ3n) is 11.8. The number of nitrogens with zero attached hydrogens (tertiary/aromatic N) is 4. The summed E-state index contributed by atoms with van der Waals surface area (Å²) in [4.78, 5) is 15.9. The molecule has 0 aliphatic rings. The molecule has 4 aromatic heterocycles. The van der Waals surface area contributed by atoms with Gasteiger partial charge in [-0.05, 0) is 64.7 Å². The second kappa shape index (κ2) is 12.2. The third-order valence-corrected chi connectivity index (χ3v) is 11.8. The molecule has 0 bridgehead atoms. The largest absolute Gasteiger partial charge is 0.456 e. The van der Waals surface area contributed by atoms with Crippen LogP contribution in [-0.4, -0.2) is 19.5 Å². The van der Waals surface area contributed by atoms with Gasteiger partial charge < -0.3 is 13.4 Å². The van der Waals surface area contributed by atoms with Crippen LogP contribution in [0.1, 0.15) is 0 Å². The fourth-order valence-corrected chi connectivity index (χ4v) is 9.04. The normalized spacial score (nSPS) is 12.1. The molecule has 59 heavy (non-hydrogen) atoms. The molecule has 9 aromatic carbocycles. The van der Waals surface area contributed by atoms with Crippen molar-refractivity contribution in [1.82, 2.24) is 19.5 Å². The third kappa shape index (κ3) is 4.84.